The molecular weight excluding hydrogens is 466 g/mol. The number of methoxy groups -OCH3 is 2. The van der Waals surface area contributed by atoms with E-state index in [0.29, 0.717) is 34.3 Å². The van der Waals surface area contributed by atoms with Crippen LogP contribution in [0.4, 0.5) is 0 Å². The summed E-state index contributed by atoms with van der Waals surface area (Å²) in [5.74, 6) is 1.13. The highest BCUT2D eigenvalue weighted by Crippen LogP contribution is 2.33. The van der Waals surface area contributed by atoms with Gasteiger partial charge < -0.3 is 18.6 Å². The Balaban J connectivity index is 1.48. The van der Waals surface area contributed by atoms with Gasteiger partial charge in [-0.15, -0.1) is 11.3 Å². The number of hydrogen-bond donors (Lipinski definition) is 0. The summed E-state index contributed by atoms with van der Waals surface area (Å²) in [6, 6.07) is 10.8. The van der Waals surface area contributed by atoms with Gasteiger partial charge in [-0.2, -0.15) is 0 Å². The predicted octanol–water partition coefficient (Wildman–Crippen LogP) is 5.65. The van der Waals surface area contributed by atoms with Crippen LogP contribution in [-0.4, -0.2) is 25.2 Å². The van der Waals surface area contributed by atoms with Crippen molar-refractivity contribution < 1.29 is 23.4 Å². The fourth-order valence-electron chi connectivity index (χ4n) is 3.98. The minimum absolute atomic E-state index is 0.0196. The highest BCUT2D eigenvalue weighted by Gasteiger charge is 2.15. The minimum Gasteiger partial charge on any atom is -0.493 e. The average molecular weight is 494 g/mol. The molecule has 0 aliphatic rings. The lowest BCUT2D eigenvalue weighted by Gasteiger charge is -2.13. The van der Waals surface area contributed by atoms with Crippen molar-refractivity contribution in [2.45, 2.75) is 39.7 Å². The normalized spacial score (nSPS) is 11.1. The number of carbonyl (C=O) groups excluding carboxylic acids is 1. The van der Waals surface area contributed by atoms with Crippen molar-refractivity contribution in [2.24, 2.45) is 0 Å². The maximum atomic E-state index is 12.6. The van der Waals surface area contributed by atoms with Crippen molar-refractivity contribution in [3.8, 4) is 22.1 Å². The first-order valence-electron chi connectivity index (χ1n) is 11.2. The van der Waals surface area contributed by atoms with Crippen LogP contribution >= 0.6 is 11.3 Å². The molecule has 7 nitrogen and oxygen atoms in total. The number of esters is 1. The molecule has 0 aliphatic heterocycles. The van der Waals surface area contributed by atoms with Gasteiger partial charge >= 0.3 is 11.6 Å². The van der Waals surface area contributed by atoms with Gasteiger partial charge in [-0.05, 0) is 54.3 Å². The number of hydrogen-bond acceptors (Lipinski definition) is 8. The van der Waals surface area contributed by atoms with Crippen LogP contribution in [0.15, 0.2) is 51.0 Å². The van der Waals surface area contributed by atoms with Gasteiger partial charge in [0.05, 0.1) is 26.3 Å². The molecule has 2 aromatic carbocycles. The number of rotatable bonds is 8. The Morgan fingerprint density at radius 2 is 1.86 bits per heavy atom. The van der Waals surface area contributed by atoms with Crippen LogP contribution in [0.1, 0.15) is 42.1 Å². The SMILES string of the molecule is COc1ccc(-c2nc(CC(=O)OCc3cc(=O)oc4cc(C)c(C(C)C)cc34)cs2)cc1OC. The molecule has 182 valence electrons. The molecule has 4 aromatic rings. The summed E-state index contributed by atoms with van der Waals surface area (Å²) >= 11 is 1.43. The summed E-state index contributed by atoms with van der Waals surface area (Å²) in [5, 5.41) is 3.37. The Morgan fingerprint density at radius 1 is 1.09 bits per heavy atom. The lowest BCUT2D eigenvalue weighted by molar-refractivity contribution is -0.144. The van der Waals surface area contributed by atoms with E-state index < -0.39 is 11.6 Å². The summed E-state index contributed by atoms with van der Waals surface area (Å²) in [6.07, 6.45) is 0.0273. The van der Waals surface area contributed by atoms with E-state index in [2.05, 4.69) is 18.8 Å². The second-order valence-electron chi connectivity index (χ2n) is 8.50. The van der Waals surface area contributed by atoms with Gasteiger partial charge in [0.25, 0.3) is 0 Å². The topological polar surface area (TPSA) is 87.9 Å². The Kier molecular flexibility index (Phi) is 7.21. The molecule has 0 atom stereocenters. The van der Waals surface area contributed by atoms with E-state index in [0.717, 1.165) is 27.1 Å². The Labute approximate surface area is 207 Å². The average Bonchev–Trinajstić information content (AvgIpc) is 3.29. The van der Waals surface area contributed by atoms with Gasteiger partial charge in [-0.3, -0.25) is 4.79 Å². The number of nitrogens with zero attached hydrogens (tertiary/aromatic N) is 1. The van der Waals surface area contributed by atoms with Gasteiger partial charge in [0.1, 0.15) is 17.2 Å². The van der Waals surface area contributed by atoms with E-state index in [1.54, 1.807) is 14.2 Å². The lowest BCUT2D eigenvalue weighted by atomic mass is 9.95. The van der Waals surface area contributed by atoms with Crippen molar-refractivity contribution in [1.82, 2.24) is 4.98 Å². The first-order chi connectivity index (χ1) is 16.8. The maximum Gasteiger partial charge on any atom is 0.336 e. The molecule has 0 unspecified atom stereocenters. The smallest absolute Gasteiger partial charge is 0.336 e. The summed E-state index contributed by atoms with van der Waals surface area (Å²) in [7, 11) is 3.16. The lowest BCUT2D eigenvalue weighted by Crippen LogP contribution is -2.10. The van der Waals surface area contributed by atoms with Crippen LogP contribution in [0.5, 0.6) is 11.5 Å². The van der Waals surface area contributed by atoms with E-state index in [-0.39, 0.29) is 13.0 Å². The van der Waals surface area contributed by atoms with Crippen molar-refractivity contribution in [3.05, 3.63) is 74.6 Å². The van der Waals surface area contributed by atoms with E-state index in [4.69, 9.17) is 18.6 Å². The highest BCUT2D eigenvalue weighted by molar-refractivity contribution is 7.13. The van der Waals surface area contributed by atoms with Crippen molar-refractivity contribution in [2.75, 3.05) is 14.2 Å². The van der Waals surface area contributed by atoms with Crippen LogP contribution in [0.2, 0.25) is 0 Å². The van der Waals surface area contributed by atoms with E-state index >= 15 is 0 Å². The van der Waals surface area contributed by atoms with E-state index in [9.17, 15) is 9.59 Å². The molecule has 2 aromatic heterocycles. The summed E-state index contributed by atoms with van der Waals surface area (Å²) in [6.45, 7) is 6.19. The third-order valence-corrected chi connectivity index (χ3v) is 6.68. The fourth-order valence-corrected chi connectivity index (χ4v) is 4.80. The number of aryl methyl sites for hydroxylation is 1. The zero-order valence-electron chi connectivity index (χ0n) is 20.3. The van der Waals surface area contributed by atoms with Crippen LogP contribution in [0.25, 0.3) is 21.5 Å². The van der Waals surface area contributed by atoms with Gasteiger partial charge in [0, 0.05) is 28.0 Å². The molecule has 0 fully saturated rings. The number of aromatic nitrogens is 1. The molecule has 0 aliphatic carbocycles. The predicted molar refractivity (Wildman–Crippen MR) is 135 cm³/mol. The van der Waals surface area contributed by atoms with Gasteiger partial charge in [-0.1, -0.05) is 13.8 Å². The Hall–Kier alpha value is -3.65. The molecule has 2 heterocycles. The minimum atomic E-state index is -0.473. The Bertz CT molecular complexity index is 1440. The first-order valence-corrected chi connectivity index (χ1v) is 12.1. The quantitative estimate of drug-likeness (QED) is 0.231. The summed E-state index contributed by atoms with van der Waals surface area (Å²) < 4.78 is 21.5. The fraction of sp³-hybridized carbons (Fsp3) is 0.296. The van der Waals surface area contributed by atoms with Crippen LogP contribution < -0.4 is 15.1 Å². The molecule has 35 heavy (non-hydrogen) atoms. The molecule has 0 saturated carbocycles. The number of thiazole rings is 1. The van der Waals surface area contributed by atoms with E-state index in [1.807, 2.05) is 42.6 Å². The first kappa shape index (κ1) is 24.5. The number of ether oxygens (including phenoxy) is 3. The van der Waals surface area contributed by atoms with Crippen molar-refractivity contribution in [3.63, 3.8) is 0 Å². The largest absolute Gasteiger partial charge is 0.493 e. The molecular formula is C27H27NO6S. The van der Waals surface area contributed by atoms with Gasteiger partial charge in [0.2, 0.25) is 0 Å². The zero-order valence-corrected chi connectivity index (χ0v) is 21.2. The summed E-state index contributed by atoms with van der Waals surface area (Å²) in [5.41, 5.74) is 4.33. The molecule has 0 saturated heterocycles. The van der Waals surface area contributed by atoms with Gasteiger partial charge in [0.15, 0.2) is 11.5 Å². The molecule has 0 radical (unpaired) electrons. The molecule has 4 rings (SSSR count). The summed E-state index contributed by atoms with van der Waals surface area (Å²) in [4.78, 5) is 29.2. The molecule has 0 spiro atoms. The van der Waals surface area contributed by atoms with E-state index in [1.165, 1.54) is 17.4 Å². The second-order valence-corrected chi connectivity index (χ2v) is 9.36. The van der Waals surface area contributed by atoms with Crippen LogP contribution in [-0.2, 0) is 22.6 Å². The number of carbonyl (C=O) groups is 1. The van der Waals surface area contributed by atoms with Gasteiger partial charge in [-0.25, -0.2) is 9.78 Å². The maximum absolute atomic E-state index is 12.6. The molecule has 0 amide bonds. The number of benzene rings is 2. The molecule has 8 heteroatoms. The highest BCUT2D eigenvalue weighted by atomic mass is 32.1. The number of fused-ring (bicyclic) bond motifs is 1. The molecule has 0 bridgehead atoms. The zero-order chi connectivity index (χ0) is 25.1. The Morgan fingerprint density at radius 3 is 2.57 bits per heavy atom. The van der Waals surface area contributed by atoms with Crippen LogP contribution in [0, 0.1) is 6.92 Å². The van der Waals surface area contributed by atoms with Crippen LogP contribution in [0.3, 0.4) is 0 Å². The molecule has 0 N–H and O–H groups in total. The third kappa shape index (κ3) is 5.38. The second kappa shape index (κ2) is 10.3. The monoisotopic (exact) mass is 493 g/mol. The van der Waals surface area contributed by atoms with Crippen molar-refractivity contribution >= 4 is 28.3 Å². The van der Waals surface area contributed by atoms with Crippen molar-refractivity contribution in [1.29, 1.82) is 0 Å². The standard InChI is InChI=1S/C27H27NO6S/c1-15(2)20-12-21-18(10-26(30)34-23(21)8-16(20)3)13-33-25(29)11-19-14-35-27(28-19)17-6-7-22(31-4)24(9-17)32-5/h6-10,12,14-15H,11,13H2,1-5H3. The third-order valence-electron chi connectivity index (χ3n) is 5.74.